The average Bonchev–Trinajstić information content (AvgIpc) is 2.09. The normalized spacial score (nSPS) is 31.7. The van der Waals surface area contributed by atoms with Gasteiger partial charge in [0.25, 0.3) is 0 Å². The Hall–Kier alpha value is -0.410. The highest BCUT2D eigenvalue weighted by Crippen LogP contribution is 2.24. The number of carbonyl (C=O) groups is 1. The maximum Gasteiger partial charge on any atom is 0.139 e. The summed E-state index contributed by atoms with van der Waals surface area (Å²) < 4.78 is 0. The Morgan fingerprint density at radius 2 is 2.08 bits per heavy atom. The second kappa shape index (κ2) is 3.76. The molecule has 1 aliphatic heterocycles. The van der Waals surface area contributed by atoms with Crippen molar-refractivity contribution in [3.05, 3.63) is 0 Å². The largest absolute Gasteiger partial charge is 0.392 e. The number of hydrogen-bond donors (Lipinski definition) is 1. The topological polar surface area (TPSA) is 40.5 Å². The summed E-state index contributed by atoms with van der Waals surface area (Å²) in [6, 6.07) is 0.392. The molecule has 0 saturated carbocycles. The average molecular weight is 185 g/mol. The summed E-state index contributed by atoms with van der Waals surface area (Å²) in [5.41, 5.74) is -0.444. The number of piperidine rings is 1. The molecule has 0 aromatic heterocycles. The fourth-order valence-corrected chi connectivity index (χ4v) is 1.96. The Labute approximate surface area is 79.7 Å². The van der Waals surface area contributed by atoms with Gasteiger partial charge in [-0.25, -0.2) is 0 Å². The lowest BCUT2D eigenvalue weighted by atomic mass is 9.94. The minimum Gasteiger partial charge on any atom is -0.392 e. The van der Waals surface area contributed by atoms with Crippen LogP contribution in [0.4, 0.5) is 0 Å². The van der Waals surface area contributed by atoms with Gasteiger partial charge in [-0.3, -0.25) is 4.90 Å². The number of aliphatic hydroxyl groups excluding tert-OH is 1. The zero-order valence-electron chi connectivity index (χ0n) is 8.66. The lowest BCUT2D eigenvalue weighted by molar-refractivity contribution is -0.121. The van der Waals surface area contributed by atoms with Crippen LogP contribution in [0.5, 0.6) is 0 Å². The molecule has 0 amide bonds. The number of rotatable bonds is 2. The van der Waals surface area contributed by atoms with Crippen molar-refractivity contribution >= 4 is 6.29 Å². The predicted octanol–water partition coefficient (Wildman–Crippen LogP) is 0.809. The molecule has 1 N–H and O–H groups in total. The first-order valence-electron chi connectivity index (χ1n) is 4.88. The van der Waals surface area contributed by atoms with Crippen LogP contribution in [0.3, 0.4) is 0 Å². The number of nitrogens with zero attached hydrogens (tertiary/aromatic N) is 1. The van der Waals surface area contributed by atoms with Crippen LogP contribution in [0.2, 0.25) is 0 Å². The Morgan fingerprint density at radius 1 is 1.46 bits per heavy atom. The minimum atomic E-state index is -0.444. The Bertz CT molecular complexity index is 191. The Morgan fingerprint density at radius 3 is 2.62 bits per heavy atom. The van der Waals surface area contributed by atoms with Crippen molar-refractivity contribution in [2.24, 2.45) is 0 Å². The molecule has 1 heterocycles. The third-order valence-electron chi connectivity index (χ3n) is 2.89. The smallest absolute Gasteiger partial charge is 0.139 e. The molecule has 2 atom stereocenters. The molecule has 3 nitrogen and oxygen atoms in total. The van der Waals surface area contributed by atoms with Crippen LogP contribution in [0.15, 0.2) is 0 Å². The molecule has 3 heteroatoms. The van der Waals surface area contributed by atoms with Gasteiger partial charge in [0.15, 0.2) is 0 Å². The summed E-state index contributed by atoms with van der Waals surface area (Å²) in [7, 11) is 0. The van der Waals surface area contributed by atoms with E-state index in [-0.39, 0.29) is 6.10 Å². The van der Waals surface area contributed by atoms with E-state index in [0.717, 1.165) is 19.1 Å². The van der Waals surface area contributed by atoms with Gasteiger partial charge in [0.1, 0.15) is 6.29 Å². The van der Waals surface area contributed by atoms with Crippen molar-refractivity contribution in [3.63, 3.8) is 0 Å². The van der Waals surface area contributed by atoms with E-state index in [9.17, 15) is 9.90 Å². The van der Waals surface area contributed by atoms with Gasteiger partial charge in [-0.1, -0.05) is 0 Å². The van der Waals surface area contributed by atoms with Crippen molar-refractivity contribution in [1.82, 2.24) is 4.90 Å². The maximum atomic E-state index is 10.9. The molecule has 13 heavy (non-hydrogen) atoms. The fraction of sp³-hybridized carbons (Fsp3) is 0.900. The first-order valence-corrected chi connectivity index (χ1v) is 4.88. The van der Waals surface area contributed by atoms with Crippen molar-refractivity contribution in [3.8, 4) is 0 Å². The summed E-state index contributed by atoms with van der Waals surface area (Å²) in [6.07, 6.45) is 2.52. The first-order chi connectivity index (χ1) is 5.97. The maximum absolute atomic E-state index is 10.9. The van der Waals surface area contributed by atoms with E-state index >= 15 is 0 Å². The highest BCUT2D eigenvalue weighted by atomic mass is 16.3. The second-order valence-electron chi connectivity index (χ2n) is 4.50. The van der Waals surface area contributed by atoms with Gasteiger partial charge in [-0.05, 0) is 33.6 Å². The number of aliphatic hydroxyl groups is 1. The third kappa shape index (κ3) is 2.29. The SMILES string of the molecule is CC1CCC(O)CN1C(C)(C)C=O. The summed E-state index contributed by atoms with van der Waals surface area (Å²) in [5, 5.41) is 9.50. The molecule has 1 rings (SSSR count). The molecule has 1 fully saturated rings. The number of hydrogen-bond acceptors (Lipinski definition) is 3. The van der Waals surface area contributed by atoms with E-state index in [1.54, 1.807) is 0 Å². The third-order valence-corrected chi connectivity index (χ3v) is 2.89. The summed E-state index contributed by atoms with van der Waals surface area (Å²) in [6.45, 7) is 6.52. The summed E-state index contributed by atoms with van der Waals surface area (Å²) in [5.74, 6) is 0. The minimum absolute atomic E-state index is 0.268. The van der Waals surface area contributed by atoms with E-state index in [2.05, 4.69) is 11.8 Å². The molecule has 76 valence electrons. The lowest BCUT2D eigenvalue weighted by Gasteiger charge is -2.43. The van der Waals surface area contributed by atoms with Gasteiger partial charge in [-0.2, -0.15) is 0 Å². The van der Waals surface area contributed by atoms with Crippen LogP contribution >= 0.6 is 0 Å². The van der Waals surface area contributed by atoms with Crippen molar-refractivity contribution in [1.29, 1.82) is 0 Å². The Balaban J connectivity index is 2.70. The monoisotopic (exact) mass is 185 g/mol. The van der Waals surface area contributed by atoms with Crippen LogP contribution in [0, 0.1) is 0 Å². The highest BCUT2D eigenvalue weighted by molar-refractivity contribution is 5.62. The highest BCUT2D eigenvalue weighted by Gasteiger charge is 2.34. The first kappa shape index (κ1) is 10.7. The van der Waals surface area contributed by atoms with Crippen LogP contribution in [-0.2, 0) is 4.79 Å². The van der Waals surface area contributed by atoms with Crippen molar-refractivity contribution < 1.29 is 9.90 Å². The van der Waals surface area contributed by atoms with Gasteiger partial charge in [0.2, 0.25) is 0 Å². The van der Waals surface area contributed by atoms with Gasteiger partial charge < -0.3 is 9.90 Å². The molecule has 0 radical (unpaired) electrons. The predicted molar refractivity (Wildman–Crippen MR) is 51.6 cm³/mol. The zero-order chi connectivity index (χ0) is 10.1. The summed E-state index contributed by atoms with van der Waals surface area (Å²) >= 11 is 0. The second-order valence-corrected chi connectivity index (χ2v) is 4.50. The van der Waals surface area contributed by atoms with E-state index in [1.165, 1.54) is 0 Å². The van der Waals surface area contributed by atoms with Crippen LogP contribution in [0.1, 0.15) is 33.6 Å². The van der Waals surface area contributed by atoms with E-state index in [4.69, 9.17) is 0 Å². The number of likely N-dealkylation sites (tertiary alicyclic amines) is 1. The molecule has 1 aliphatic rings. The molecule has 0 aromatic carbocycles. The van der Waals surface area contributed by atoms with Crippen LogP contribution < -0.4 is 0 Å². The molecule has 0 aliphatic carbocycles. The molecular weight excluding hydrogens is 166 g/mol. The van der Waals surface area contributed by atoms with Gasteiger partial charge in [-0.15, -0.1) is 0 Å². The van der Waals surface area contributed by atoms with E-state index in [1.807, 2.05) is 13.8 Å². The van der Waals surface area contributed by atoms with Gasteiger partial charge in [0, 0.05) is 12.6 Å². The van der Waals surface area contributed by atoms with Crippen molar-refractivity contribution in [2.45, 2.75) is 51.3 Å². The Kier molecular flexibility index (Phi) is 3.09. The van der Waals surface area contributed by atoms with E-state index in [0.29, 0.717) is 12.6 Å². The summed E-state index contributed by atoms with van der Waals surface area (Å²) in [4.78, 5) is 12.9. The quantitative estimate of drug-likeness (QED) is 0.647. The zero-order valence-corrected chi connectivity index (χ0v) is 8.66. The number of carbonyl (C=O) groups excluding carboxylic acids is 1. The molecule has 2 unspecified atom stereocenters. The lowest BCUT2D eigenvalue weighted by Crippen LogP contribution is -2.55. The van der Waals surface area contributed by atoms with Gasteiger partial charge >= 0.3 is 0 Å². The van der Waals surface area contributed by atoms with Crippen molar-refractivity contribution in [2.75, 3.05) is 6.54 Å². The van der Waals surface area contributed by atoms with Crippen LogP contribution in [0.25, 0.3) is 0 Å². The molecular formula is C10H19NO2. The standard InChI is InChI=1S/C10H19NO2/c1-8-4-5-9(13)6-11(8)10(2,3)7-12/h7-9,13H,4-6H2,1-3H3. The fourth-order valence-electron chi connectivity index (χ4n) is 1.96. The molecule has 0 aromatic rings. The van der Waals surface area contributed by atoms with Crippen LogP contribution in [-0.4, -0.2) is 40.5 Å². The van der Waals surface area contributed by atoms with E-state index < -0.39 is 5.54 Å². The molecule has 0 spiro atoms. The number of β-amino-alcohol motifs (C(OH)–C–C–N with tert-alkyl or cyclic N) is 1. The number of aldehydes is 1. The van der Waals surface area contributed by atoms with Gasteiger partial charge in [0.05, 0.1) is 11.6 Å². The molecule has 1 saturated heterocycles. The molecule has 0 bridgehead atoms.